The van der Waals surface area contributed by atoms with E-state index in [-0.39, 0.29) is 28.6 Å². The van der Waals surface area contributed by atoms with Crippen LogP contribution in [0.25, 0.3) is 0 Å². The van der Waals surface area contributed by atoms with Gasteiger partial charge in [-0.15, -0.1) is 0 Å². The van der Waals surface area contributed by atoms with Gasteiger partial charge in [0.15, 0.2) is 10.7 Å². The van der Waals surface area contributed by atoms with Gasteiger partial charge in [0, 0.05) is 0 Å². The van der Waals surface area contributed by atoms with Crippen molar-refractivity contribution in [3.63, 3.8) is 0 Å². The fourth-order valence-electron chi connectivity index (χ4n) is 2.64. The molecule has 0 spiro atoms. The summed E-state index contributed by atoms with van der Waals surface area (Å²) in [5, 5.41) is 3.70. The summed E-state index contributed by atoms with van der Waals surface area (Å²) in [6, 6.07) is 6.59. The van der Waals surface area contributed by atoms with Crippen LogP contribution in [0.2, 0.25) is 0 Å². The number of aryl methyl sites for hydroxylation is 2. The van der Waals surface area contributed by atoms with E-state index in [1.165, 1.54) is 14.0 Å². The van der Waals surface area contributed by atoms with Crippen molar-refractivity contribution < 1.29 is 27.2 Å². The van der Waals surface area contributed by atoms with Gasteiger partial charge >= 0.3 is 5.97 Å². The van der Waals surface area contributed by atoms with E-state index in [2.05, 4.69) is 9.89 Å². The minimum atomic E-state index is -3.98. The van der Waals surface area contributed by atoms with Crippen LogP contribution in [0.5, 0.6) is 5.75 Å². The van der Waals surface area contributed by atoms with Crippen molar-refractivity contribution in [2.75, 3.05) is 18.0 Å². The highest BCUT2D eigenvalue weighted by Gasteiger charge is 2.40. The number of aromatic nitrogens is 1. The van der Waals surface area contributed by atoms with Crippen molar-refractivity contribution in [3.8, 4) is 5.75 Å². The number of anilines is 1. The lowest BCUT2D eigenvalue weighted by Gasteiger charge is -2.33. The Morgan fingerprint density at radius 2 is 2.04 bits per heavy atom. The normalized spacial score (nSPS) is 17.1. The molecule has 0 amide bonds. The number of ether oxygens (including phenoxy) is 2. The zero-order chi connectivity index (χ0) is 17.5. The van der Waals surface area contributed by atoms with Crippen LogP contribution in [0.3, 0.4) is 0 Å². The Labute approximate surface area is 139 Å². The number of methoxy groups -OCH3 is 1. The van der Waals surface area contributed by atoms with Crippen molar-refractivity contribution in [2.24, 2.45) is 0 Å². The standard InChI is InChI=1S/C15H16N2O6S/c1-9-14(10(2)23-16-9)24(19,20)17-8-13(15(18)21-3)22-12-7-5-4-6-11(12)17/h4-7,13H,8H2,1-3H3/t13-/m0/s1. The SMILES string of the molecule is COC(=O)[C@@H]1CN(S(=O)(=O)c2c(C)noc2C)c2ccccc2O1. The molecule has 0 radical (unpaired) electrons. The molecule has 128 valence electrons. The quantitative estimate of drug-likeness (QED) is 0.770. The van der Waals surface area contributed by atoms with Gasteiger partial charge in [0.2, 0.25) is 6.10 Å². The van der Waals surface area contributed by atoms with Gasteiger partial charge in [-0.2, -0.15) is 0 Å². The zero-order valence-corrected chi connectivity index (χ0v) is 14.2. The van der Waals surface area contributed by atoms with E-state index in [0.717, 1.165) is 4.31 Å². The number of para-hydroxylation sites is 2. The molecular weight excluding hydrogens is 336 g/mol. The second-order valence-corrected chi connectivity index (χ2v) is 7.09. The number of hydrogen-bond acceptors (Lipinski definition) is 7. The molecule has 3 rings (SSSR count). The molecule has 0 N–H and O–H groups in total. The topological polar surface area (TPSA) is 98.9 Å². The Morgan fingerprint density at radius 3 is 2.67 bits per heavy atom. The fraction of sp³-hybridized carbons (Fsp3) is 0.333. The van der Waals surface area contributed by atoms with Gasteiger partial charge in [-0.1, -0.05) is 17.3 Å². The number of fused-ring (bicyclic) bond motifs is 1. The van der Waals surface area contributed by atoms with Gasteiger partial charge in [0.1, 0.15) is 11.4 Å². The van der Waals surface area contributed by atoms with Gasteiger partial charge in [0.25, 0.3) is 10.0 Å². The van der Waals surface area contributed by atoms with Crippen molar-refractivity contribution in [1.82, 2.24) is 5.16 Å². The van der Waals surface area contributed by atoms with Crippen LogP contribution in [-0.4, -0.2) is 39.3 Å². The van der Waals surface area contributed by atoms with E-state index in [1.807, 2.05) is 0 Å². The highest BCUT2D eigenvalue weighted by molar-refractivity contribution is 7.93. The van der Waals surface area contributed by atoms with E-state index in [0.29, 0.717) is 5.69 Å². The highest BCUT2D eigenvalue weighted by atomic mass is 32.2. The van der Waals surface area contributed by atoms with Crippen molar-refractivity contribution in [2.45, 2.75) is 24.8 Å². The molecule has 1 aromatic heterocycles. The van der Waals surface area contributed by atoms with Crippen molar-refractivity contribution >= 4 is 21.7 Å². The molecule has 0 saturated carbocycles. The maximum absolute atomic E-state index is 13.1. The van der Waals surface area contributed by atoms with Gasteiger partial charge < -0.3 is 14.0 Å². The molecule has 0 bridgehead atoms. The molecule has 2 heterocycles. The number of esters is 1. The summed E-state index contributed by atoms with van der Waals surface area (Å²) in [6.45, 7) is 2.88. The van der Waals surface area contributed by atoms with E-state index in [1.54, 1.807) is 31.2 Å². The van der Waals surface area contributed by atoms with Crippen LogP contribution in [0.1, 0.15) is 11.5 Å². The van der Waals surface area contributed by atoms with E-state index >= 15 is 0 Å². The smallest absolute Gasteiger partial charge is 0.348 e. The maximum atomic E-state index is 13.1. The van der Waals surface area contributed by atoms with Crippen LogP contribution in [0.4, 0.5) is 5.69 Å². The Balaban J connectivity index is 2.13. The van der Waals surface area contributed by atoms with E-state index < -0.39 is 22.1 Å². The third kappa shape index (κ3) is 2.50. The van der Waals surface area contributed by atoms with Gasteiger partial charge in [0.05, 0.1) is 19.3 Å². The summed E-state index contributed by atoms with van der Waals surface area (Å²) in [5.74, 6) is -0.177. The predicted molar refractivity (Wildman–Crippen MR) is 83.4 cm³/mol. The maximum Gasteiger partial charge on any atom is 0.348 e. The monoisotopic (exact) mass is 352 g/mol. The average molecular weight is 352 g/mol. The van der Waals surface area contributed by atoms with Gasteiger partial charge in [-0.25, -0.2) is 13.2 Å². The van der Waals surface area contributed by atoms with Crippen LogP contribution in [0.15, 0.2) is 33.7 Å². The van der Waals surface area contributed by atoms with Gasteiger partial charge in [-0.3, -0.25) is 4.31 Å². The zero-order valence-electron chi connectivity index (χ0n) is 13.3. The van der Waals surface area contributed by atoms with Crippen LogP contribution in [0, 0.1) is 13.8 Å². The second-order valence-electron chi connectivity index (χ2n) is 5.29. The molecule has 1 aliphatic heterocycles. The summed E-state index contributed by atoms with van der Waals surface area (Å²) >= 11 is 0. The minimum Gasteiger partial charge on any atom is -0.475 e. The Hall–Kier alpha value is -2.55. The first kappa shape index (κ1) is 16.3. The molecule has 0 unspecified atom stereocenters. The summed E-state index contributed by atoms with van der Waals surface area (Å²) < 4.78 is 42.6. The fourth-order valence-corrected chi connectivity index (χ4v) is 4.41. The molecule has 0 saturated heterocycles. The molecule has 2 aromatic rings. The lowest BCUT2D eigenvalue weighted by Crippen LogP contribution is -2.47. The Morgan fingerprint density at radius 1 is 1.33 bits per heavy atom. The van der Waals surface area contributed by atoms with Crippen molar-refractivity contribution in [3.05, 3.63) is 35.7 Å². The largest absolute Gasteiger partial charge is 0.475 e. The lowest BCUT2D eigenvalue weighted by atomic mass is 10.2. The molecule has 1 aromatic carbocycles. The predicted octanol–water partition coefficient (Wildman–Crippen LogP) is 1.42. The first-order valence-electron chi connectivity index (χ1n) is 7.15. The van der Waals surface area contributed by atoms with Crippen LogP contribution >= 0.6 is 0 Å². The summed E-state index contributed by atoms with van der Waals surface area (Å²) in [6.07, 6.45) is -1.06. The average Bonchev–Trinajstić information content (AvgIpc) is 2.92. The number of carbonyl (C=O) groups is 1. The van der Waals surface area contributed by atoms with Gasteiger partial charge in [-0.05, 0) is 26.0 Å². The first-order chi connectivity index (χ1) is 11.4. The molecule has 1 atom stereocenters. The summed E-state index contributed by atoms with van der Waals surface area (Å²) in [5.41, 5.74) is 0.601. The molecule has 8 nitrogen and oxygen atoms in total. The van der Waals surface area contributed by atoms with E-state index in [9.17, 15) is 13.2 Å². The van der Waals surface area contributed by atoms with Crippen LogP contribution < -0.4 is 9.04 Å². The molecular formula is C15H16N2O6S. The third-order valence-corrected chi connectivity index (χ3v) is 5.74. The minimum absolute atomic E-state index is 0.0113. The summed E-state index contributed by atoms with van der Waals surface area (Å²) in [4.78, 5) is 11.9. The van der Waals surface area contributed by atoms with Crippen molar-refractivity contribution in [1.29, 1.82) is 0 Å². The highest BCUT2D eigenvalue weighted by Crippen LogP contribution is 2.38. The second kappa shape index (κ2) is 5.82. The molecule has 0 fully saturated rings. The number of hydrogen-bond donors (Lipinski definition) is 0. The molecule has 24 heavy (non-hydrogen) atoms. The number of nitrogens with zero attached hydrogens (tertiary/aromatic N) is 2. The first-order valence-corrected chi connectivity index (χ1v) is 8.59. The molecule has 9 heteroatoms. The Bertz CT molecular complexity index is 870. The summed E-state index contributed by atoms with van der Waals surface area (Å²) in [7, 11) is -2.76. The van der Waals surface area contributed by atoms with E-state index in [4.69, 9.17) is 9.26 Å². The lowest BCUT2D eigenvalue weighted by molar-refractivity contribution is -0.148. The number of benzene rings is 1. The van der Waals surface area contributed by atoms with Crippen LogP contribution in [-0.2, 0) is 19.6 Å². The number of sulfonamides is 1. The third-order valence-electron chi connectivity index (χ3n) is 3.71. The molecule has 0 aliphatic carbocycles. The number of rotatable bonds is 3. The number of carbonyl (C=O) groups excluding carboxylic acids is 1. The Kier molecular flexibility index (Phi) is 3.96. The molecule has 1 aliphatic rings.